The van der Waals surface area contributed by atoms with Crippen molar-refractivity contribution in [2.75, 3.05) is 6.26 Å². The van der Waals surface area contributed by atoms with Crippen molar-refractivity contribution in [3.8, 4) is 0 Å². The molecule has 1 rings (SSSR count). The fraction of sp³-hybridized carbons (Fsp3) is 0.375. The van der Waals surface area contributed by atoms with Gasteiger partial charge in [0.1, 0.15) is 0 Å². The van der Waals surface area contributed by atoms with Crippen molar-refractivity contribution < 1.29 is 12.7 Å². The normalized spacial score (nSPS) is 18.2. The standard InChI is InChI=1S/C8H11NO3S/c1-7(8-5-3-4-6-8)9-12-13(2,10)11/h3-6,8H,1-2H3/b9-7+. The van der Waals surface area contributed by atoms with Crippen LogP contribution in [0.5, 0.6) is 0 Å². The average Bonchev–Trinajstić information content (AvgIpc) is 2.50. The SMILES string of the molecule is C/C(=N\OS(C)(=O)=O)C1C=CC=C1. The lowest BCUT2D eigenvalue weighted by atomic mass is 10.1. The van der Waals surface area contributed by atoms with Gasteiger partial charge < -0.3 is 0 Å². The zero-order valence-electron chi connectivity index (χ0n) is 7.47. The molecule has 0 heterocycles. The monoisotopic (exact) mass is 201 g/mol. The molecule has 0 unspecified atom stereocenters. The Morgan fingerprint density at radius 2 is 1.92 bits per heavy atom. The third kappa shape index (κ3) is 3.42. The minimum atomic E-state index is -3.48. The van der Waals surface area contributed by atoms with Gasteiger partial charge in [-0.15, -0.1) is 0 Å². The zero-order valence-corrected chi connectivity index (χ0v) is 8.28. The molecule has 0 aromatic rings. The second kappa shape index (κ2) is 3.74. The highest BCUT2D eigenvalue weighted by atomic mass is 32.2. The van der Waals surface area contributed by atoms with Crippen LogP contribution < -0.4 is 0 Å². The summed E-state index contributed by atoms with van der Waals surface area (Å²) in [4.78, 5) is 0. The molecule has 1 aliphatic carbocycles. The molecule has 5 heteroatoms. The molecule has 0 amide bonds. The number of hydrogen-bond donors (Lipinski definition) is 0. The van der Waals surface area contributed by atoms with E-state index in [1.165, 1.54) is 0 Å². The third-order valence-corrected chi connectivity index (χ3v) is 1.89. The molecule has 0 aromatic carbocycles. The van der Waals surface area contributed by atoms with Crippen LogP contribution in [0.3, 0.4) is 0 Å². The van der Waals surface area contributed by atoms with Crippen molar-refractivity contribution in [3.63, 3.8) is 0 Å². The van der Waals surface area contributed by atoms with Gasteiger partial charge in [0.05, 0.1) is 12.0 Å². The van der Waals surface area contributed by atoms with Gasteiger partial charge in [0.15, 0.2) is 0 Å². The molecule has 0 saturated heterocycles. The van der Waals surface area contributed by atoms with Crippen molar-refractivity contribution in [3.05, 3.63) is 24.3 Å². The van der Waals surface area contributed by atoms with E-state index in [9.17, 15) is 8.42 Å². The minimum absolute atomic E-state index is 0.0572. The predicted octanol–water partition coefficient (Wildman–Crippen LogP) is 1.08. The number of allylic oxidation sites excluding steroid dienone is 4. The van der Waals surface area contributed by atoms with E-state index in [4.69, 9.17) is 0 Å². The first-order valence-corrected chi connectivity index (χ1v) is 5.59. The lowest BCUT2D eigenvalue weighted by molar-refractivity contribution is 0.341. The van der Waals surface area contributed by atoms with Crippen LogP contribution in [-0.2, 0) is 14.4 Å². The fourth-order valence-corrected chi connectivity index (χ4v) is 1.15. The second-order valence-corrected chi connectivity index (χ2v) is 4.36. The van der Waals surface area contributed by atoms with E-state index in [0.29, 0.717) is 5.71 Å². The van der Waals surface area contributed by atoms with Crippen molar-refractivity contribution >= 4 is 15.8 Å². The van der Waals surface area contributed by atoms with Crippen molar-refractivity contribution in [1.29, 1.82) is 0 Å². The van der Waals surface area contributed by atoms with Crippen LogP contribution in [0, 0.1) is 5.92 Å². The van der Waals surface area contributed by atoms with Crippen LogP contribution in [0.15, 0.2) is 29.5 Å². The molecule has 0 N–H and O–H groups in total. The lowest BCUT2D eigenvalue weighted by Crippen LogP contribution is -2.06. The largest absolute Gasteiger partial charge is 0.325 e. The summed E-state index contributed by atoms with van der Waals surface area (Å²) in [5, 5.41) is 3.50. The Labute approximate surface area is 77.7 Å². The van der Waals surface area contributed by atoms with E-state index >= 15 is 0 Å². The molecule has 0 saturated carbocycles. The smallest absolute Gasteiger partial charge is 0.269 e. The molecular weight excluding hydrogens is 190 g/mol. The third-order valence-electron chi connectivity index (χ3n) is 1.55. The van der Waals surface area contributed by atoms with E-state index in [1.807, 2.05) is 24.3 Å². The molecule has 13 heavy (non-hydrogen) atoms. The van der Waals surface area contributed by atoms with Gasteiger partial charge in [-0.05, 0) is 6.92 Å². The topological polar surface area (TPSA) is 55.7 Å². The summed E-state index contributed by atoms with van der Waals surface area (Å²) >= 11 is 0. The average molecular weight is 201 g/mol. The van der Waals surface area contributed by atoms with Gasteiger partial charge in [-0.25, -0.2) is 0 Å². The van der Waals surface area contributed by atoms with Crippen molar-refractivity contribution in [1.82, 2.24) is 0 Å². The van der Waals surface area contributed by atoms with Gasteiger partial charge in [0.25, 0.3) is 0 Å². The second-order valence-electron chi connectivity index (χ2n) is 2.81. The number of oxime groups is 1. The van der Waals surface area contributed by atoms with E-state index in [0.717, 1.165) is 6.26 Å². The summed E-state index contributed by atoms with van der Waals surface area (Å²) in [5.74, 6) is 0.0572. The lowest BCUT2D eigenvalue weighted by Gasteiger charge is -2.02. The molecule has 0 spiro atoms. The summed E-state index contributed by atoms with van der Waals surface area (Å²) in [7, 11) is -3.48. The number of nitrogens with zero attached hydrogens (tertiary/aromatic N) is 1. The van der Waals surface area contributed by atoms with Gasteiger partial charge in [-0.3, -0.25) is 4.28 Å². The Morgan fingerprint density at radius 1 is 1.38 bits per heavy atom. The highest BCUT2D eigenvalue weighted by molar-refractivity contribution is 7.85. The van der Waals surface area contributed by atoms with Gasteiger partial charge in [0, 0.05) is 5.92 Å². The maximum absolute atomic E-state index is 10.6. The number of rotatable bonds is 3. The zero-order chi connectivity index (χ0) is 9.90. The van der Waals surface area contributed by atoms with Gasteiger partial charge in [0.2, 0.25) is 0 Å². The first-order chi connectivity index (χ1) is 5.99. The highest BCUT2D eigenvalue weighted by Crippen LogP contribution is 2.11. The van der Waals surface area contributed by atoms with E-state index in [2.05, 4.69) is 9.44 Å². The van der Waals surface area contributed by atoms with Crippen LogP contribution in [-0.4, -0.2) is 20.4 Å². The first kappa shape index (κ1) is 9.98. The molecule has 0 fully saturated rings. The van der Waals surface area contributed by atoms with Gasteiger partial charge >= 0.3 is 10.1 Å². The maximum atomic E-state index is 10.6. The predicted molar refractivity (Wildman–Crippen MR) is 50.8 cm³/mol. The Balaban J connectivity index is 2.62. The van der Waals surface area contributed by atoms with Crippen LogP contribution >= 0.6 is 0 Å². The molecule has 0 aromatic heterocycles. The Hall–Kier alpha value is -1.10. The van der Waals surface area contributed by atoms with Crippen LogP contribution in [0.25, 0.3) is 0 Å². The Bertz CT molecular complexity index is 353. The highest BCUT2D eigenvalue weighted by Gasteiger charge is 2.09. The summed E-state index contributed by atoms with van der Waals surface area (Å²) in [5.41, 5.74) is 0.621. The molecule has 4 nitrogen and oxygen atoms in total. The quantitative estimate of drug-likeness (QED) is 0.507. The summed E-state index contributed by atoms with van der Waals surface area (Å²) in [6.45, 7) is 1.72. The first-order valence-electron chi connectivity index (χ1n) is 3.77. The molecule has 0 radical (unpaired) electrons. The fourth-order valence-electron chi connectivity index (χ4n) is 0.898. The van der Waals surface area contributed by atoms with E-state index in [-0.39, 0.29) is 5.92 Å². The molecule has 72 valence electrons. The van der Waals surface area contributed by atoms with Crippen molar-refractivity contribution in [2.24, 2.45) is 11.1 Å². The van der Waals surface area contributed by atoms with Crippen LogP contribution in [0.4, 0.5) is 0 Å². The molecule has 0 aliphatic heterocycles. The molecule has 1 aliphatic rings. The molecule has 0 atom stereocenters. The van der Waals surface area contributed by atoms with E-state index < -0.39 is 10.1 Å². The Kier molecular flexibility index (Phi) is 2.87. The number of hydrogen-bond acceptors (Lipinski definition) is 4. The summed E-state index contributed by atoms with van der Waals surface area (Å²) in [6, 6.07) is 0. The van der Waals surface area contributed by atoms with E-state index in [1.54, 1.807) is 6.92 Å². The summed E-state index contributed by atoms with van der Waals surface area (Å²) in [6.07, 6.45) is 8.54. The molecule has 0 bridgehead atoms. The van der Waals surface area contributed by atoms with Gasteiger partial charge in [-0.1, -0.05) is 29.5 Å². The van der Waals surface area contributed by atoms with Crippen LogP contribution in [0.1, 0.15) is 6.92 Å². The Morgan fingerprint density at radius 3 is 2.38 bits per heavy atom. The minimum Gasteiger partial charge on any atom is -0.269 e. The molecular formula is C8H11NO3S. The van der Waals surface area contributed by atoms with Crippen molar-refractivity contribution in [2.45, 2.75) is 6.92 Å². The summed E-state index contributed by atoms with van der Waals surface area (Å²) < 4.78 is 25.5. The van der Waals surface area contributed by atoms with Crippen LogP contribution in [0.2, 0.25) is 0 Å². The maximum Gasteiger partial charge on any atom is 0.325 e. The van der Waals surface area contributed by atoms with Gasteiger partial charge in [-0.2, -0.15) is 8.42 Å².